The number of aromatic nitrogens is 2. The van der Waals surface area contributed by atoms with Gasteiger partial charge in [-0.25, -0.2) is 4.98 Å². The first-order chi connectivity index (χ1) is 11.8. The van der Waals surface area contributed by atoms with Gasteiger partial charge >= 0.3 is 0 Å². The predicted octanol–water partition coefficient (Wildman–Crippen LogP) is 4.03. The molecule has 3 aromatic rings. The van der Waals surface area contributed by atoms with Crippen LogP contribution in [-0.2, 0) is 0 Å². The lowest BCUT2D eigenvalue weighted by molar-refractivity contribution is 0.310. The van der Waals surface area contributed by atoms with Crippen molar-refractivity contribution in [2.75, 3.05) is 13.7 Å². The summed E-state index contributed by atoms with van der Waals surface area (Å²) in [6, 6.07) is 15.5. The summed E-state index contributed by atoms with van der Waals surface area (Å²) in [6.07, 6.45) is 1.75. The molecular formula is C19H17N3O2. The molecule has 0 aliphatic heterocycles. The number of hydrogen-bond donors (Lipinski definition) is 1. The van der Waals surface area contributed by atoms with Gasteiger partial charge in [0, 0.05) is 5.56 Å². The number of ether oxygens (including phenoxy) is 2. The molecule has 1 heterocycles. The van der Waals surface area contributed by atoms with Crippen molar-refractivity contribution in [1.82, 2.24) is 9.97 Å². The number of methoxy groups -OCH3 is 1. The van der Waals surface area contributed by atoms with E-state index in [1.165, 1.54) is 0 Å². The zero-order valence-corrected chi connectivity index (χ0v) is 13.5. The van der Waals surface area contributed by atoms with E-state index in [0.29, 0.717) is 29.5 Å². The van der Waals surface area contributed by atoms with Crippen LogP contribution in [0, 0.1) is 11.3 Å². The van der Waals surface area contributed by atoms with Crippen molar-refractivity contribution in [1.29, 1.82) is 5.26 Å². The smallest absolute Gasteiger partial charge is 0.167 e. The van der Waals surface area contributed by atoms with Gasteiger partial charge in [0.15, 0.2) is 11.5 Å². The highest BCUT2D eigenvalue weighted by Gasteiger charge is 2.12. The summed E-state index contributed by atoms with van der Waals surface area (Å²) in [5.74, 6) is 1.78. The number of para-hydroxylation sites is 3. The number of nitrogens with one attached hydrogen (secondary N) is 1. The molecule has 0 saturated carbocycles. The van der Waals surface area contributed by atoms with E-state index in [9.17, 15) is 5.26 Å². The molecule has 0 spiro atoms. The van der Waals surface area contributed by atoms with Gasteiger partial charge in [-0.05, 0) is 31.2 Å². The van der Waals surface area contributed by atoms with Gasteiger partial charge in [-0.3, -0.25) is 0 Å². The van der Waals surface area contributed by atoms with Gasteiger partial charge in [0.25, 0.3) is 0 Å². The highest BCUT2D eigenvalue weighted by Crippen LogP contribution is 2.33. The van der Waals surface area contributed by atoms with Gasteiger partial charge in [0.1, 0.15) is 11.9 Å². The summed E-state index contributed by atoms with van der Waals surface area (Å²) in [5.41, 5.74) is 2.91. The van der Waals surface area contributed by atoms with Crippen LogP contribution in [0.2, 0.25) is 0 Å². The van der Waals surface area contributed by atoms with E-state index in [1.807, 2.05) is 49.4 Å². The summed E-state index contributed by atoms with van der Waals surface area (Å²) >= 11 is 0. The third kappa shape index (κ3) is 2.95. The Kier molecular flexibility index (Phi) is 4.48. The van der Waals surface area contributed by atoms with Crippen LogP contribution in [0.1, 0.15) is 18.3 Å². The summed E-state index contributed by atoms with van der Waals surface area (Å²) in [6.45, 7) is 2.45. The van der Waals surface area contributed by atoms with Crippen molar-refractivity contribution in [3.05, 3.63) is 53.9 Å². The Labute approximate surface area is 140 Å². The Morgan fingerprint density at radius 2 is 2.08 bits per heavy atom. The molecule has 1 aromatic heterocycles. The summed E-state index contributed by atoms with van der Waals surface area (Å²) in [5, 5.41) is 9.55. The van der Waals surface area contributed by atoms with Crippen LogP contribution in [0.5, 0.6) is 11.5 Å². The molecule has 5 heteroatoms. The number of aromatic amines is 1. The van der Waals surface area contributed by atoms with Crippen molar-refractivity contribution in [3.63, 3.8) is 0 Å². The molecule has 0 aliphatic rings. The molecule has 0 saturated heterocycles. The average Bonchev–Trinajstić information content (AvgIpc) is 3.04. The topological polar surface area (TPSA) is 70.9 Å². The van der Waals surface area contributed by atoms with Crippen LogP contribution in [0.25, 0.3) is 22.7 Å². The number of allylic oxidation sites excluding steroid dienone is 1. The largest absolute Gasteiger partial charge is 0.492 e. The molecule has 0 fully saturated rings. The Balaban J connectivity index is 2.08. The summed E-state index contributed by atoms with van der Waals surface area (Å²) in [7, 11) is 1.59. The van der Waals surface area contributed by atoms with Crippen LogP contribution in [-0.4, -0.2) is 23.7 Å². The van der Waals surface area contributed by atoms with Gasteiger partial charge in [0.2, 0.25) is 0 Å². The second-order valence-electron chi connectivity index (χ2n) is 5.08. The fraction of sp³-hybridized carbons (Fsp3) is 0.158. The Hall–Kier alpha value is -3.26. The van der Waals surface area contributed by atoms with E-state index < -0.39 is 0 Å². The van der Waals surface area contributed by atoms with Crippen LogP contribution in [0.4, 0.5) is 0 Å². The minimum Gasteiger partial charge on any atom is -0.492 e. The van der Waals surface area contributed by atoms with Crippen molar-refractivity contribution < 1.29 is 9.47 Å². The number of H-pyrrole nitrogens is 1. The van der Waals surface area contributed by atoms with Gasteiger partial charge < -0.3 is 14.5 Å². The molecule has 0 bridgehead atoms. The first kappa shape index (κ1) is 15.6. The van der Waals surface area contributed by atoms with Gasteiger partial charge in [-0.2, -0.15) is 5.26 Å². The lowest BCUT2D eigenvalue weighted by Gasteiger charge is -2.11. The van der Waals surface area contributed by atoms with E-state index in [2.05, 4.69) is 16.0 Å². The SMILES string of the molecule is CCOc1cccc(/C=C(/C#N)c2nc3ccccc3[nH]2)c1OC. The quantitative estimate of drug-likeness (QED) is 0.721. The first-order valence-electron chi connectivity index (χ1n) is 7.63. The monoisotopic (exact) mass is 319 g/mol. The fourth-order valence-electron chi connectivity index (χ4n) is 2.52. The molecule has 0 atom stereocenters. The Bertz CT molecular complexity index is 902. The average molecular weight is 319 g/mol. The molecule has 0 unspecified atom stereocenters. The van der Waals surface area contributed by atoms with Crippen LogP contribution in [0.3, 0.4) is 0 Å². The van der Waals surface area contributed by atoms with E-state index >= 15 is 0 Å². The lowest BCUT2D eigenvalue weighted by Crippen LogP contribution is -1.97. The van der Waals surface area contributed by atoms with E-state index in [1.54, 1.807) is 13.2 Å². The molecule has 24 heavy (non-hydrogen) atoms. The van der Waals surface area contributed by atoms with Crippen LogP contribution >= 0.6 is 0 Å². The molecule has 0 amide bonds. The third-order valence-corrected chi connectivity index (χ3v) is 3.58. The highest BCUT2D eigenvalue weighted by molar-refractivity contribution is 5.91. The Morgan fingerprint density at radius 3 is 2.79 bits per heavy atom. The second-order valence-corrected chi connectivity index (χ2v) is 5.08. The van der Waals surface area contributed by atoms with Gasteiger partial charge in [-0.1, -0.05) is 24.3 Å². The maximum absolute atomic E-state index is 9.55. The van der Waals surface area contributed by atoms with Crippen molar-refractivity contribution in [2.45, 2.75) is 6.92 Å². The molecule has 2 aromatic carbocycles. The minimum absolute atomic E-state index is 0.429. The molecule has 0 radical (unpaired) electrons. The summed E-state index contributed by atoms with van der Waals surface area (Å²) in [4.78, 5) is 7.65. The van der Waals surface area contributed by atoms with E-state index in [-0.39, 0.29) is 0 Å². The number of nitriles is 1. The number of hydrogen-bond acceptors (Lipinski definition) is 4. The highest BCUT2D eigenvalue weighted by atomic mass is 16.5. The molecule has 0 aliphatic carbocycles. The van der Waals surface area contributed by atoms with Crippen molar-refractivity contribution >= 4 is 22.7 Å². The number of imidazole rings is 1. The van der Waals surface area contributed by atoms with Crippen LogP contribution in [0.15, 0.2) is 42.5 Å². The van der Waals surface area contributed by atoms with Crippen molar-refractivity contribution in [3.8, 4) is 17.6 Å². The van der Waals surface area contributed by atoms with Crippen molar-refractivity contribution in [2.24, 2.45) is 0 Å². The number of benzene rings is 2. The normalized spacial score (nSPS) is 11.3. The number of rotatable bonds is 5. The van der Waals surface area contributed by atoms with Gasteiger partial charge in [-0.15, -0.1) is 0 Å². The maximum atomic E-state index is 9.55. The maximum Gasteiger partial charge on any atom is 0.167 e. The fourth-order valence-corrected chi connectivity index (χ4v) is 2.52. The lowest BCUT2D eigenvalue weighted by atomic mass is 10.1. The predicted molar refractivity (Wildman–Crippen MR) is 93.7 cm³/mol. The van der Waals surface area contributed by atoms with E-state index in [4.69, 9.17) is 9.47 Å². The number of fused-ring (bicyclic) bond motifs is 1. The first-order valence-corrected chi connectivity index (χ1v) is 7.63. The summed E-state index contributed by atoms with van der Waals surface area (Å²) < 4.78 is 11.0. The second kappa shape index (κ2) is 6.88. The molecule has 5 nitrogen and oxygen atoms in total. The number of nitrogens with zero attached hydrogens (tertiary/aromatic N) is 2. The minimum atomic E-state index is 0.429. The zero-order chi connectivity index (χ0) is 16.9. The Morgan fingerprint density at radius 1 is 1.25 bits per heavy atom. The van der Waals surface area contributed by atoms with E-state index in [0.717, 1.165) is 16.6 Å². The molecule has 1 N–H and O–H groups in total. The van der Waals surface area contributed by atoms with Crippen LogP contribution < -0.4 is 9.47 Å². The standard InChI is InChI=1S/C19H17N3O2/c1-3-24-17-10-6-7-13(18(17)23-2)11-14(12-20)19-21-15-8-4-5-9-16(15)22-19/h4-11H,3H2,1-2H3,(H,21,22)/b14-11-. The molecular weight excluding hydrogens is 302 g/mol. The van der Waals surface area contributed by atoms with Gasteiger partial charge in [0.05, 0.1) is 30.3 Å². The third-order valence-electron chi connectivity index (χ3n) is 3.58. The molecule has 3 rings (SSSR count). The zero-order valence-electron chi connectivity index (χ0n) is 13.5. The molecule has 120 valence electrons.